The van der Waals surface area contributed by atoms with Crippen LogP contribution in [0.4, 0.5) is 0 Å². The zero-order chi connectivity index (χ0) is 12.3. The largest absolute Gasteiger partial charge is 0.332 e. The van der Waals surface area contributed by atoms with Crippen molar-refractivity contribution in [2.75, 3.05) is 0 Å². The molecule has 0 spiro atoms. The van der Waals surface area contributed by atoms with Gasteiger partial charge in [0.15, 0.2) is 5.82 Å². The topological polar surface area (TPSA) is 63.8 Å². The first-order valence-electron chi connectivity index (χ1n) is 5.33. The zero-order valence-corrected chi connectivity index (χ0v) is 11.2. The molecule has 90 valence electrons. The first-order valence-corrected chi connectivity index (χ1v) is 6.12. The highest BCUT2D eigenvalue weighted by molar-refractivity contribution is 9.10. The fourth-order valence-corrected chi connectivity index (χ4v) is 1.46. The van der Waals surface area contributed by atoms with Crippen molar-refractivity contribution in [2.24, 2.45) is 0 Å². The molecule has 2 aromatic rings. The molecule has 2 rings (SSSR count). The maximum Gasteiger partial charge on any atom is 0.276 e. The molecular formula is C11H13BrN4O. The molecule has 0 radical (unpaired) electrons. The molecule has 0 aliphatic carbocycles. The molecule has 0 saturated heterocycles. The van der Waals surface area contributed by atoms with Crippen molar-refractivity contribution in [1.82, 2.24) is 20.4 Å². The fourth-order valence-electron chi connectivity index (χ4n) is 1.23. The van der Waals surface area contributed by atoms with Crippen molar-refractivity contribution < 1.29 is 4.52 Å². The summed E-state index contributed by atoms with van der Waals surface area (Å²) in [6.07, 6.45) is 1.70. The van der Waals surface area contributed by atoms with Gasteiger partial charge in [0.05, 0.1) is 6.54 Å². The van der Waals surface area contributed by atoms with Gasteiger partial charge in [-0.3, -0.25) is 0 Å². The van der Waals surface area contributed by atoms with Gasteiger partial charge in [0.2, 0.25) is 0 Å². The summed E-state index contributed by atoms with van der Waals surface area (Å²) in [6.45, 7) is 4.73. The van der Waals surface area contributed by atoms with E-state index in [0.717, 1.165) is 4.47 Å². The molecule has 0 atom stereocenters. The summed E-state index contributed by atoms with van der Waals surface area (Å²) < 4.78 is 6.06. The quantitative estimate of drug-likeness (QED) is 0.938. The van der Waals surface area contributed by atoms with Crippen LogP contribution in [0.15, 0.2) is 27.3 Å². The van der Waals surface area contributed by atoms with Crippen LogP contribution in [0.25, 0.3) is 11.6 Å². The minimum atomic E-state index is 0.391. The average molecular weight is 297 g/mol. The Morgan fingerprint density at radius 1 is 1.41 bits per heavy atom. The Bertz CT molecular complexity index is 480. The van der Waals surface area contributed by atoms with E-state index >= 15 is 0 Å². The van der Waals surface area contributed by atoms with Gasteiger partial charge in [-0.1, -0.05) is 19.0 Å². The van der Waals surface area contributed by atoms with Crippen LogP contribution in [0, 0.1) is 0 Å². The van der Waals surface area contributed by atoms with Gasteiger partial charge >= 0.3 is 0 Å². The second-order valence-corrected chi connectivity index (χ2v) is 4.83. The number of halogens is 1. The highest BCUT2D eigenvalue weighted by atomic mass is 79.9. The average Bonchev–Trinajstić information content (AvgIpc) is 2.76. The van der Waals surface area contributed by atoms with Gasteiger partial charge in [0, 0.05) is 16.7 Å². The summed E-state index contributed by atoms with van der Waals surface area (Å²) in [5.41, 5.74) is 0.677. The van der Waals surface area contributed by atoms with E-state index in [1.165, 1.54) is 0 Å². The van der Waals surface area contributed by atoms with Crippen molar-refractivity contribution >= 4 is 15.9 Å². The molecular weight excluding hydrogens is 284 g/mol. The third-order valence-corrected chi connectivity index (χ3v) is 2.55. The van der Waals surface area contributed by atoms with Crippen LogP contribution >= 0.6 is 15.9 Å². The molecule has 2 heterocycles. The van der Waals surface area contributed by atoms with Crippen molar-refractivity contribution in [3.05, 3.63) is 28.6 Å². The van der Waals surface area contributed by atoms with E-state index < -0.39 is 0 Å². The van der Waals surface area contributed by atoms with Gasteiger partial charge < -0.3 is 9.84 Å². The maximum absolute atomic E-state index is 5.14. The molecule has 0 unspecified atom stereocenters. The van der Waals surface area contributed by atoms with Crippen LogP contribution in [0.5, 0.6) is 0 Å². The maximum atomic E-state index is 5.14. The zero-order valence-electron chi connectivity index (χ0n) is 9.64. The summed E-state index contributed by atoms with van der Waals surface area (Å²) in [5.74, 6) is 1.08. The van der Waals surface area contributed by atoms with E-state index in [4.69, 9.17) is 4.52 Å². The minimum Gasteiger partial charge on any atom is -0.332 e. The smallest absolute Gasteiger partial charge is 0.276 e. The summed E-state index contributed by atoms with van der Waals surface area (Å²) >= 11 is 3.32. The van der Waals surface area contributed by atoms with E-state index in [-0.39, 0.29) is 0 Å². The normalized spacial score (nSPS) is 11.1. The molecule has 0 aliphatic rings. The third kappa shape index (κ3) is 3.34. The van der Waals surface area contributed by atoms with E-state index in [9.17, 15) is 0 Å². The van der Waals surface area contributed by atoms with Gasteiger partial charge in [-0.05, 0) is 28.1 Å². The molecule has 17 heavy (non-hydrogen) atoms. The van der Waals surface area contributed by atoms with Gasteiger partial charge in [-0.15, -0.1) is 0 Å². The van der Waals surface area contributed by atoms with Crippen LogP contribution in [0.2, 0.25) is 0 Å². The second kappa shape index (κ2) is 5.37. The number of nitrogens with zero attached hydrogens (tertiary/aromatic N) is 3. The lowest BCUT2D eigenvalue weighted by molar-refractivity contribution is 0.416. The van der Waals surface area contributed by atoms with Gasteiger partial charge in [0.1, 0.15) is 5.69 Å². The summed E-state index contributed by atoms with van der Waals surface area (Å²) in [5, 5.41) is 7.11. The van der Waals surface area contributed by atoms with E-state index in [2.05, 4.69) is 50.2 Å². The monoisotopic (exact) mass is 296 g/mol. The standard InChI is InChI=1S/C11H13BrN4O/c1-7(2)13-6-10-15-11(17-16-10)9-4-3-8(12)5-14-9/h3-5,7,13H,6H2,1-2H3. The van der Waals surface area contributed by atoms with E-state index in [0.29, 0.717) is 30.0 Å². The van der Waals surface area contributed by atoms with Crippen LogP contribution < -0.4 is 5.32 Å². The molecule has 6 heteroatoms. The Morgan fingerprint density at radius 3 is 2.88 bits per heavy atom. The van der Waals surface area contributed by atoms with Gasteiger partial charge in [0.25, 0.3) is 5.89 Å². The molecule has 2 aromatic heterocycles. The Morgan fingerprint density at radius 2 is 2.24 bits per heavy atom. The number of rotatable bonds is 4. The number of aromatic nitrogens is 3. The van der Waals surface area contributed by atoms with Crippen LogP contribution in [-0.2, 0) is 6.54 Å². The summed E-state index contributed by atoms with van der Waals surface area (Å²) in [7, 11) is 0. The predicted molar refractivity (Wildman–Crippen MR) is 67.2 cm³/mol. The van der Waals surface area contributed by atoms with Gasteiger partial charge in [-0.25, -0.2) is 4.98 Å². The second-order valence-electron chi connectivity index (χ2n) is 3.91. The van der Waals surface area contributed by atoms with Crippen molar-refractivity contribution in [1.29, 1.82) is 0 Å². The van der Waals surface area contributed by atoms with Crippen molar-refractivity contribution in [3.63, 3.8) is 0 Å². The first kappa shape index (κ1) is 12.2. The predicted octanol–water partition coefficient (Wildman–Crippen LogP) is 2.39. The first-order chi connectivity index (χ1) is 8.15. The van der Waals surface area contributed by atoms with Crippen LogP contribution in [0.3, 0.4) is 0 Å². The SMILES string of the molecule is CC(C)NCc1noc(-c2ccc(Br)cn2)n1. The van der Waals surface area contributed by atoms with E-state index in [1.807, 2.05) is 12.1 Å². The van der Waals surface area contributed by atoms with Crippen LogP contribution in [0.1, 0.15) is 19.7 Å². The lowest BCUT2D eigenvalue weighted by Gasteiger charge is -2.03. The lowest BCUT2D eigenvalue weighted by atomic mass is 10.3. The Labute approximate surface area is 108 Å². The molecule has 0 fully saturated rings. The lowest BCUT2D eigenvalue weighted by Crippen LogP contribution is -2.22. The molecule has 5 nitrogen and oxygen atoms in total. The number of nitrogens with one attached hydrogen (secondary N) is 1. The Balaban J connectivity index is 2.10. The third-order valence-electron chi connectivity index (χ3n) is 2.08. The highest BCUT2D eigenvalue weighted by Crippen LogP contribution is 2.16. The molecule has 0 amide bonds. The number of pyridine rings is 1. The van der Waals surface area contributed by atoms with E-state index in [1.54, 1.807) is 6.20 Å². The summed E-state index contributed by atoms with van der Waals surface area (Å²) in [4.78, 5) is 8.46. The molecule has 1 N–H and O–H groups in total. The Kier molecular flexibility index (Phi) is 3.86. The molecule has 0 saturated carbocycles. The number of hydrogen-bond acceptors (Lipinski definition) is 5. The molecule has 0 aliphatic heterocycles. The summed E-state index contributed by atoms with van der Waals surface area (Å²) in [6, 6.07) is 4.11. The van der Waals surface area contributed by atoms with Crippen molar-refractivity contribution in [3.8, 4) is 11.6 Å². The Hall–Kier alpha value is -1.27. The molecule has 0 aromatic carbocycles. The van der Waals surface area contributed by atoms with Gasteiger partial charge in [-0.2, -0.15) is 4.98 Å². The fraction of sp³-hybridized carbons (Fsp3) is 0.364. The van der Waals surface area contributed by atoms with Crippen LogP contribution in [-0.4, -0.2) is 21.2 Å². The highest BCUT2D eigenvalue weighted by Gasteiger charge is 2.09. The van der Waals surface area contributed by atoms with Crippen molar-refractivity contribution in [2.45, 2.75) is 26.4 Å². The minimum absolute atomic E-state index is 0.391. The number of hydrogen-bond donors (Lipinski definition) is 1. The molecule has 0 bridgehead atoms.